The Hall–Kier alpha value is -2.28. The minimum Gasteiger partial charge on any atom is -0.353 e. The summed E-state index contributed by atoms with van der Waals surface area (Å²) in [6.07, 6.45) is 4.75. The van der Waals surface area contributed by atoms with Crippen LogP contribution in [0.1, 0.15) is 43.3 Å². The molecular weight excluding hydrogens is 360 g/mol. The summed E-state index contributed by atoms with van der Waals surface area (Å²) in [5.74, 6) is 0.499. The number of carbonyl (C=O) groups is 2. The Morgan fingerprint density at radius 3 is 2.56 bits per heavy atom. The van der Waals surface area contributed by atoms with Gasteiger partial charge < -0.3 is 10.2 Å². The van der Waals surface area contributed by atoms with Crippen molar-refractivity contribution in [3.8, 4) is 10.7 Å². The second kappa shape index (κ2) is 8.61. The van der Waals surface area contributed by atoms with E-state index in [0.717, 1.165) is 10.7 Å². The molecule has 1 unspecified atom stereocenters. The van der Waals surface area contributed by atoms with Crippen LogP contribution in [-0.4, -0.2) is 45.8 Å². The van der Waals surface area contributed by atoms with Crippen LogP contribution in [0.3, 0.4) is 0 Å². The first-order valence-electron chi connectivity index (χ1n) is 9.42. The highest BCUT2D eigenvalue weighted by Crippen LogP contribution is 2.26. The largest absolute Gasteiger partial charge is 0.353 e. The number of nitrogens with zero attached hydrogens (tertiary/aromatic N) is 3. The molecule has 6 nitrogen and oxygen atoms in total. The van der Waals surface area contributed by atoms with Gasteiger partial charge in [-0.3, -0.25) is 14.6 Å². The molecule has 1 atom stereocenters. The van der Waals surface area contributed by atoms with E-state index < -0.39 is 0 Å². The number of hydrogen-bond donors (Lipinski definition) is 1. The molecule has 0 spiro atoms. The van der Waals surface area contributed by atoms with Crippen molar-refractivity contribution in [1.29, 1.82) is 0 Å². The Balaban J connectivity index is 1.56. The maximum Gasteiger partial charge on any atom is 0.265 e. The van der Waals surface area contributed by atoms with Crippen molar-refractivity contribution in [3.05, 3.63) is 35.5 Å². The second-order valence-electron chi connectivity index (χ2n) is 7.35. The topological polar surface area (TPSA) is 75.2 Å². The zero-order valence-electron chi connectivity index (χ0n) is 16.0. The van der Waals surface area contributed by atoms with Crippen LogP contribution in [0.4, 0.5) is 0 Å². The lowest BCUT2D eigenvalue weighted by atomic mass is 9.94. The fraction of sp³-hybridized carbons (Fsp3) is 0.500. The number of amides is 2. The van der Waals surface area contributed by atoms with Crippen LogP contribution >= 0.6 is 11.3 Å². The van der Waals surface area contributed by atoms with Crippen molar-refractivity contribution in [3.63, 3.8) is 0 Å². The van der Waals surface area contributed by atoms with Gasteiger partial charge in [-0.1, -0.05) is 19.9 Å². The summed E-state index contributed by atoms with van der Waals surface area (Å²) in [4.78, 5) is 36.2. The molecule has 1 N–H and O–H groups in total. The molecule has 0 aliphatic carbocycles. The zero-order valence-corrected chi connectivity index (χ0v) is 16.8. The number of piperidine rings is 1. The van der Waals surface area contributed by atoms with Gasteiger partial charge in [0.25, 0.3) is 5.91 Å². The van der Waals surface area contributed by atoms with Crippen molar-refractivity contribution < 1.29 is 9.59 Å². The average molecular weight is 387 g/mol. The molecule has 2 aromatic heterocycles. The monoisotopic (exact) mass is 386 g/mol. The first-order valence-corrected chi connectivity index (χ1v) is 10.2. The molecule has 7 heteroatoms. The van der Waals surface area contributed by atoms with Gasteiger partial charge in [0, 0.05) is 31.2 Å². The maximum atomic E-state index is 12.8. The van der Waals surface area contributed by atoms with Crippen molar-refractivity contribution in [2.24, 2.45) is 11.8 Å². The number of carbonyl (C=O) groups excluding carboxylic acids is 2. The van der Waals surface area contributed by atoms with E-state index in [4.69, 9.17) is 0 Å². The highest BCUT2D eigenvalue weighted by molar-refractivity contribution is 7.16. The SMILES string of the molecule is CC(C)C(C)NC(=O)C1CCN(C(=O)c2cnc(-c3ccccn3)s2)CC1. The lowest BCUT2D eigenvalue weighted by Crippen LogP contribution is -2.45. The summed E-state index contributed by atoms with van der Waals surface area (Å²) in [6, 6.07) is 5.81. The van der Waals surface area contributed by atoms with E-state index >= 15 is 0 Å². The molecule has 2 aromatic rings. The van der Waals surface area contributed by atoms with E-state index in [1.807, 2.05) is 30.0 Å². The van der Waals surface area contributed by atoms with Gasteiger partial charge in [-0.25, -0.2) is 4.98 Å². The van der Waals surface area contributed by atoms with Crippen molar-refractivity contribution in [1.82, 2.24) is 20.2 Å². The molecule has 2 amide bonds. The number of rotatable bonds is 5. The first kappa shape index (κ1) is 19.5. The molecule has 1 aliphatic heterocycles. The van der Waals surface area contributed by atoms with Crippen LogP contribution in [-0.2, 0) is 4.79 Å². The molecule has 144 valence electrons. The minimum absolute atomic E-state index is 0.0101. The third-order valence-corrected chi connectivity index (χ3v) is 6.13. The molecule has 3 heterocycles. The molecule has 0 bridgehead atoms. The zero-order chi connectivity index (χ0) is 19.4. The number of aromatic nitrogens is 2. The first-order chi connectivity index (χ1) is 13.0. The third-order valence-electron chi connectivity index (χ3n) is 5.12. The summed E-state index contributed by atoms with van der Waals surface area (Å²) >= 11 is 1.36. The molecule has 1 saturated heterocycles. The summed E-state index contributed by atoms with van der Waals surface area (Å²) in [6.45, 7) is 7.43. The standard InChI is InChI=1S/C20H26N4O2S/c1-13(2)14(3)23-18(25)15-7-10-24(11-8-15)20(26)17-12-22-19(27-17)16-6-4-5-9-21-16/h4-6,9,12-15H,7-8,10-11H2,1-3H3,(H,23,25). The van der Waals surface area contributed by atoms with E-state index in [0.29, 0.717) is 36.7 Å². The van der Waals surface area contributed by atoms with Crippen LogP contribution in [0.25, 0.3) is 10.7 Å². The molecule has 0 saturated carbocycles. The van der Waals surface area contributed by atoms with Crippen LogP contribution in [0.5, 0.6) is 0 Å². The van der Waals surface area contributed by atoms with Gasteiger partial charge in [-0.05, 0) is 37.8 Å². The number of pyridine rings is 1. The lowest BCUT2D eigenvalue weighted by molar-refractivity contribution is -0.127. The van der Waals surface area contributed by atoms with Crippen LogP contribution in [0.15, 0.2) is 30.6 Å². The summed E-state index contributed by atoms with van der Waals surface area (Å²) in [7, 11) is 0. The molecule has 27 heavy (non-hydrogen) atoms. The van der Waals surface area contributed by atoms with E-state index in [-0.39, 0.29) is 23.8 Å². The molecule has 0 aromatic carbocycles. The van der Waals surface area contributed by atoms with Crippen LogP contribution < -0.4 is 5.32 Å². The Morgan fingerprint density at radius 2 is 1.93 bits per heavy atom. The van der Waals surface area contributed by atoms with E-state index in [1.165, 1.54) is 11.3 Å². The van der Waals surface area contributed by atoms with Crippen molar-refractivity contribution >= 4 is 23.2 Å². The fourth-order valence-electron chi connectivity index (χ4n) is 2.99. The summed E-state index contributed by atoms with van der Waals surface area (Å²) in [5.41, 5.74) is 0.774. The van der Waals surface area contributed by atoms with Crippen LogP contribution in [0, 0.1) is 11.8 Å². The number of nitrogens with one attached hydrogen (secondary N) is 1. The van der Waals surface area contributed by atoms with E-state index in [2.05, 4.69) is 29.1 Å². The Kier molecular flexibility index (Phi) is 6.21. The summed E-state index contributed by atoms with van der Waals surface area (Å²) in [5, 5.41) is 3.84. The van der Waals surface area contributed by atoms with Gasteiger partial charge >= 0.3 is 0 Å². The van der Waals surface area contributed by atoms with Crippen molar-refractivity contribution in [2.45, 2.75) is 39.7 Å². The number of thiazole rings is 1. The normalized spacial score (nSPS) is 16.4. The van der Waals surface area contributed by atoms with Gasteiger partial charge in [0.1, 0.15) is 9.88 Å². The predicted molar refractivity (Wildman–Crippen MR) is 106 cm³/mol. The third kappa shape index (κ3) is 4.71. The van der Waals surface area contributed by atoms with E-state index in [9.17, 15) is 9.59 Å². The molecule has 0 radical (unpaired) electrons. The highest BCUT2D eigenvalue weighted by Gasteiger charge is 2.29. The second-order valence-corrected chi connectivity index (χ2v) is 8.38. The highest BCUT2D eigenvalue weighted by atomic mass is 32.1. The molecule has 1 fully saturated rings. The molecule has 3 rings (SSSR count). The number of hydrogen-bond acceptors (Lipinski definition) is 5. The Bertz CT molecular complexity index is 782. The van der Waals surface area contributed by atoms with Gasteiger partial charge in [0.15, 0.2) is 0 Å². The van der Waals surface area contributed by atoms with Gasteiger partial charge in [-0.2, -0.15) is 0 Å². The lowest BCUT2D eigenvalue weighted by Gasteiger charge is -2.32. The maximum absolute atomic E-state index is 12.8. The minimum atomic E-state index is -0.0132. The van der Waals surface area contributed by atoms with E-state index in [1.54, 1.807) is 12.4 Å². The smallest absolute Gasteiger partial charge is 0.265 e. The average Bonchev–Trinajstić information content (AvgIpc) is 3.18. The quantitative estimate of drug-likeness (QED) is 0.856. The Morgan fingerprint density at radius 1 is 1.19 bits per heavy atom. The number of likely N-dealkylation sites (tertiary alicyclic amines) is 1. The Labute approximate surface area is 164 Å². The van der Waals surface area contributed by atoms with Gasteiger partial charge in [0.2, 0.25) is 5.91 Å². The van der Waals surface area contributed by atoms with Gasteiger partial charge in [-0.15, -0.1) is 11.3 Å². The fourth-order valence-corrected chi connectivity index (χ4v) is 3.85. The molecule has 1 aliphatic rings. The van der Waals surface area contributed by atoms with Crippen LogP contribution in [0.2, 0.25) is 0 Å². The summed E-state index contributed by atoms with van der Waals surface area (Å²) < 4.78 is 0. The van der Waals surface area contributed by atoms with Gasteiger partial charge in [0.05, 0.1) is 11.9 Å². The van der Waals surface area contributed by atoms with Crippen molar-refractivity contribution in [2.75, 3.05) is 13.1 Å². The predicted octanol–water partition coefficient (Wildman–Crippen LogP) is 3.22. The molecular formula is C20H26N4O2S.